The Balaban J connectivity index is 1.60. The molecule has 0 saturated carbocycles. The van der Waals surface area contributed by atoms with E-state index in [-0.39, 0.29) is 6.04 Å². The molecule has 24 heavy (non-hydrogen) atoms. The minimum Gasteiger partial charge on any atom is -0.497 e. The molecule has 0 aliphatic carbocycles. The van der Waals surface area contributed by atoms with Crippen LogP contribution in [0.4, 0.5) is 0 Å². The average molecular weight is 324 g/mol. The van der Waals surface area contributed by atoms with Gasteiger partial charge in [-0.05, 0) is 25.1 Å². The molecular weight excluding hydrogens is 304 g/mol. The van der Waals surface area contributed by atoms with Crippen molar-refractivity contribution in [1.82, 2.24) is 9.88 Å². The number of methoxy groups -OCH3 is 1. The molecule has 1 aromatic heterocycles. The summed E-state index contributed by atoms with van der Waals surface area (Å²) in [7, 11) is 1.67. The number of ether oxygens (including phenoxy) is 2. The van der Waals surface area contributed by atoms with E-state index in [2.05, 4.69) is 22.9 Å². The van der Waals surface area contributed by atoms with Gasteiger partial charge in [-0.2, -0.15) is 0 Å². The minimum atomic E-state index is 0.0778. The smallest absolute Gasteiger partial charge is 0.212 e. The number of para-hydroxylation sites is 2. The lowest BCUT2D eigenvalue weighted by molar-refractivity contribution is 0.160. The Hall–Kier alpha value is -2.53. The van der Waals surface area contributed by atoms with Crippen molar-refractivity contribution in [1.29, 1.82) is 0 Å². The molecule has 0 radical (unpaired) electrons. The summed E-state index contributed by atoms with van der Waals surface area (Å²) in [5.74, 6) is 2.45. The maximum absolute atomic E-state index is 5.93. The second kappa shape index (κ2) is 6.17. The summed E-state index contributed by atoms with van der Waals surface area (Å²) in [4.78, 5) is 6.96. The highest BCUT2D eigenvalue weighted by atomic mass is 16.5. The Kier molecular flexibility index (Phi) is 3.86. The van der Waals surface area contributed by atoms with Crippen molar-refractivity contribution < 1.29 is 13.9 Å². The fraction of sp³-hybridized carbons (Fsp3) is 0.316. The van der Waals surface area contributed by atoms with Gasteiger partial charge in [-0.25, -0.2) is 4.98 Å². The molecule has 0 amide bonds. The van der Waals surface area contributed by atoms with E-state index in [1.165, 1.54) is 0 Å². The van der Waals surface area contributed by atoms with E-state index >= 15 is 0 Å². The number of nitrogens with zero attached hydrogens (tertiary/aromatic N) is 2. The molecule has 0 N–H and O–H groups in total. The van der Waals surface area contributed by atoms with E-state index in [0.29, 0.717) is 6.61 Å². The van der Waals surface area contributed by atoms with Gasteiger partial charge in [-0.1, -0.05) is 18.2 Å². The van der Waals surface area contributed by atoms with Gasteiger partial charge in [0.2, 0.25) is 5.89 Å². The predicted molar refractivity (Wildman–Crippen MR) is 91.3 cm³/mol. The molecule has 0 saturated heterocycles. The third kappa shape index (κ3) is 2.71. The van der Waals surface area contributed by atoms with Crippen molar-refractivity contribution in [2.45, 2.75) is 19.5 Å². The number of rotatable bonds is 3. The number of aromatic nitrogens is 1. The Morgan fingerprint density at radius 3 is 2.92 bits per heavy atom. The standard InChI is InChI=1S/C19H20N2O3/c1-13(19-20-16-5-3-4-6-17(16)24-19)21-9-10-23-18-11-15(22-2)8-7-14(18)12-21/h3-8,11,13H,9-10,12H2,1-2H3. The van der Waals surface area contributed by atoms with Crippen LogP contribution in [0.25, 0.3) is 11.1 Å². The Bertz CT molecular complexity index is 826. The maximum Gasteiger partial charge on any atom is 0.212 e. The summed E-state index contributed by atoms with van der Waals surface area (Å²) < 4.78 is 17.1. The van der Waals surface area contributed by atoms with E-state index in [9.17, 15) is 0 Å². The highest BCUT2D eigenvalue weighted by Crippen LogP contribution is 2.31. The average Bonchev–Trinajstić information content (AvgIpc) is 2.93. The molecule has 0 bridgehead atoms. The first kappa shape index (κ1) is 15.0. The summed E-state index contributed by atoms with van der Waals surface area (Å²) in [6, 6.07) is 13.9. The van der Waals surface area contributed by atoms with Crippen LogP contribution in [0.1, 0.15) is 24.4 Å². The zero-order chi connectivity index (χ0) is 16.5. The molecule has 5 nitrogen and oxygen atoms in total. The largest absolute Gasteiger partial charge is 0.497 e. The van der Waals surface area contributed by atoms with Crippen molar-refractivity contribution in [2.75, 3.05) is 20.3 Å². The maximum atomic E-state index is 5.93. The van der Waals surface area contributed by atoms with Crippen LogP contribution in [0.15, 0.2) is 46.9 Å². The first-order valence-corrected chi connectivity index (χ1v) is 8.14. The van der Waals surface area contributed by atoms with Gasteiger partial charge in [0.1, 0.15) is 23.6 Å². The van der Waals surface area contributed by atoms with E-state index in [0.717, 1.165) is 47.1 Å². The highest BCUT2D eigenvalue weighted by molar-refractivity contribution is 5.72. The number of hydrogen-bond donors (Lipinski definition) is 0. The molecule has 1 atom stereocenters. The molecule has 0 spiro atoms. The summed E-state index contributed by atoms with van der Waals surface area (Å²) in [6.45, 7) is 4.36. The van der Waals surface area contributed by atoms with Gasteiger partial charge in [0, 0.05) is 24.7 Å². The zero-order valence-electron chi connectivity index (χ0n) is 13.9. The van der Waals surface area contributed by atoms with Crippen LogP contribution in [0, 0.1) is 0 Å². The second-order valence-electron chi connectivity index (χ2n) is 5.99. The van der Waals surface area contributed by atoms with Gasteiger partial charge in [-0.3, -0.25) is 4.90 Å². The van der Waals surface area contributed by atoms with Crippen LogP contribution in [0.2, 0.25) is 0 Å². The molecule has 1 unspecified atom stereocenters. The molecule has 124 valence electrons. The number of fused-ring (bicyclic) bond motifs is 2. The van der Waals surface area contributed by atoms with Gasteiger partial charge >= 0.3 is 0 Å². The van der Waals surface area contributed by atoms with E-state index in [1.807, 2.05) is 36.4 Å². The zero-order valence-corrected chi connectivity index (χ0v) is 13.9. The molecule has 3 aromatic rings. The Morgan fingerprint density at radius 1 is 1.21 bits per heavy atom. The first-order chi connectivity index (χ1) is 11.7. The first-order valence-electron chi connectivity index (χ1n) is 8.14. The second-order valence-corrected chi connectivity index (χ2v) is 5.99. The summed E-state index contributed by atoms with van der Waals surface area (Å²) >= 11 is 0. The summed E-state index contributed by atoms with van der Waals surface area (Å²) in [5, 5.41) is 0. The van der Waals surface area contributed by atoms with E-state index in [4.69, 9.17) is 13.9 Å². The van der Waals surface area contributed by atoms with Crippen LogP contribution in [-0.4, -0.2) is 30.1 Å². The summed E-state index contributed by atoms with van der Waals surface area (Å²) in [5.41, 5.74) is 2.88. The minimum absolute atomic E-state index is 0.0778. The highest BCUT2D eigenvalue weighted by Gasteiger charge is 2.24. The van der Waals surface area contributed by atoms with Crippen molar-refractivity contribution >= 4 is 11.1 Å². The number of benzene rings is 2. The van der Waals surface area contributed by atoms with Gasteiger partial charge < -0.3 is 13.9 Å². The van der Waals surface area contributed by atoms with E-state index < -0.39 is 0 Å². The number of hydrogen-bond acceptors (Lipinski definition) is 5. The Morgan fingerprint density at radius 2 is 2.08 bits per heavy atom. The van der Waals surface area contributed by atoms with Crippen molar-refractivity contribution in [3.05, 3.63) is 53.9 Å². The summed E-state index contributed by atoms with van der Waals surface area (Å²) in [6.07, 6.45) is 0. The predicted octanol–water partition coefficient (Wildman–Crippen LogP) is 3.79. The Labute approximate surface area is 140 Å². The van der Waals surface area contributed by atoms with E-state index in [1.54, 1.807) is 7.11 Å². The quantitative estimate of drug-likeness (QED) is 0.733. The van der Waals surface area contributed by atoms with Crippen LogP contribution in [0.3, 0.4) is 0 Å². The molecule has 5 heteroatoms. The topological polar surface area (TPSA) is 47.7 Å². The van der Waals surface area contributed by atoms with Gasteiger partial charge in [0.15, 0.2) is 5.58 Å². The van der Waals surface area contributed by atoms with Gasteiger partial charge in [0.05, 0.1) is 13.2 Å². The number of oxazole rings is 1. The van der Waals surface area contributed by atoms with Crippen LogP contribution in [-0.2, 0) is 6.54 Å². The van der Waals surface area contributed by atoms with Crippen LogP contribution >= 0.6 is 0 Å². The lowest BCUT2D eigenvalue weighted by Crippen LogP contribution is -2.29. The van der Waals surface area contributed by atoms with Crippen molar-refractivity contribution in [2.24, 2.45) is 0 Å². The lowest BCUT2D eigenvalue weighted by atomic mass is 10.1. The fourth-order valence-corrected chi connectivity index (χ4v) is 3.05. The van der Waals surface area contributed by atoms with Crippen LogP contribution < -0.4 is 9.47 Å². The molecule has 1 aliphatic rings. The molecule has 2 heterocycles. The molecule has 0 fully saturated rings. The van der Waals surface area contributed by atoms with Crippen LogP contribution in [0.5, 0.6) is 11.5 Å². The van der Waals surface area contributed by atoms with Gasteiger partial charge in [-0.15, -0.1) is 0 Å². The SMILES string of the molecule is COc1ccc2c(c1)OCCN(C(C)c1nc3ccccc3o1)C2. The fourth-order valence-electron chi connectivity index (χ4n) is 3.05. The third-order valence-corrected chi connectivity index (χ3v) is 4.50. The molecule has 1 aliphatic heterocycles. The third-order valence-electron chi connectivity index (χ3n) is 4.50. The molecule has 2 aromatic carbocycles. The van der Waals surface area contributed by atoms with Gasteiger partial charge in [0.25, 0.3) is 0 Å². The van der Waals surface area contributed by atoms with Crippen molar-refractivity contribution in [3.63, 3.8) is 0 Å². The lowest BCUT2D eigenvalue weighted by Gasteiger charge is -2.24. The van der Waals surface area contributed by atoms with Crippen molar-refractivity contribution in [3.8, 4) is 11.5 Å². The normalized spacial score (nSPS) is 16.2. The monoisotopic (exact) mass is 324 g/mol. The molecular formula is C19H20N2O3. The molecule has 4 rings (SSSR count).